The Bertz CT molecular complexity index is 640. The average Bonchev–Trinajstić information content (AvgIpc) is 3.04. The van der Waals surface area contributed by atoms with E-state index in [2.05, 4.69) is 20.3 Å². The Morgan fingerprint density at radius 1 is 1.42 bits per heavy atom. The maximum absolute atomic E-state index is 12.4. The second-order valence-electron chi connectivity index (χ2n) is 5.38. The molecule has 2 aromatic heterocycles. The summed E-state index contributed by atoms with van der Waals surface area (Å²) in [6.07, 6.45) is 7.51. The molecule has 1 N–H and O–H groups in total. The third-order valence-electron chi connectivity index (χ3n) is 3.85. The molecule has 24 heavy (non-hydrogen) atoms. The minimum Gasteiger partial charge on any atom is -0.341 e. The molecule has 1 amide bonds. The first kappa shape index (κ1) is 20.8. The molecule has 2 aromatic rings. The highest BCUT2D eigenvalue weighted by molar-refractivity contribution is 7.13. The first-order chi connectivity index (χ1) is 10.8. The van der Waals surface area contributed by atoms with Crippen LogP contribution in [0.1, 0.15) is 18.5 Å². The highest BCUT2D eigenvalue weighted by atomic mass is 35.5. The number of piperidine rings is 1. The number of hydrogen-bond acceptors (Lipinski definition) is 6. The highest BCUT2D eigenvalue weighted by Gasteiger charge is 2.23. The lowest BCUT2D eigenvalue weighted by atomic mass is 10.1. The Hall–Kier alpha value is -1.28. The maximum Gasteiger partial charge on any atom is 0.228 e. The number of nitrogens with one attached hydrogen (secondary N) is 1. The maximum atomic E-state index is 12.4. The predicted octanol–water partition coefficient (Wildman–Crippen LogP) is 2.20. The van der Waals surface area contributed by atoms with Crippen molar-refractivity contribution in [1.82, 2.24) is 25.2 Å². The van der Waals surface area contributed by atoms with Gasteiger partial charge in [0.05, 0.1) is 18.3 Å². The molecule has 6 nitrogen and oxygen atoms in total. The molecular formula is C15H21Cl2N5OS. The van der Waals surface area contributed by atoms with Gasteiger partial charge in [-0.15, -0.1) is 36.2 Å². The number of carbonyl (C=O) groups excluding carboxylic acids is 1. The molecule has 1 aliphatic heterocycles. The first-order valence-electron chi connectivity index (χ1n) is 7.42. The molecule has 1 aliphatic rings. The van der Waals surface area contributed by atoms with Crippen molar-refractivity contribution in [2.24, 2.45) is 0 Å². The van der Waals surface area contributed by atoms with Crippen LogP contribution in [0.2, 0.25) is 0 Å². The lowest BCUT2D eigenvalue weighted by Crippen LogP contribution is -2.47. The molecule has 1 atom stereocenters. The Labute approximate surface area is 157 Å². The zero-order valence-electron chi connectivity index (χ0n) is 13.3. The van der Waals surface area contributed by atoms with Crippen LogP contribution in [0.3, 0.4) is 0 Å². The van der Waals surface area contributed by atoms with Crippen LogP contribution in [0.4, 0.5) is 0 Å². The summed E-state index contributed by atoms with van der Waals surface area (Å²) >= 11 is 1.50. The van der Waals surface area contributed by atoms with Crippen molar-refractivity contribution >= 4 is 42.1 Å². The van der Waals surface area contributed by atoms with Crippen LogP contribution < -0.4 is 5.32 Å². The van der Waals surface area contributed by atoms with Gasteiger partial charge in [-0.05, 0) is 19.9 Å². The summed E-state index contributed by atoms with van der Waals surface area (Å²) in [5.74, 6) is 0.149. The Morgan fingerprint density at radius 3 is 2.96 bits per heavy atom. The largest absolute Gasteiger partial charge is 0.341 e. The van der Waals surface area contributed by atoms with E-state index in [1.54, 1.807) is 18.6 Å². The summed E-state index contributed by atoms with van der Waals surface area (Å²) in [4.78, 5) is 27.1. The monoisotopic (exact) mass is 389 g/mol. The van der Waals surface area contributed by atoms with Crippen LogP contribution in [0.5, 0.6) is 0 Å². The summed E-state index contributed by atoms with van der Waals surface area (Å²) in [6.45, 7) is 1.63. The number of carbonyl (C=O) groups is 1. The van der Waals surface area contributed by atoms with Crippen molar-refractivity contribution < 1.29 is 4.79 Å². The molecule has 3 rings (SSSR count). The van der Waals surface area contributed by atoms with E-state index in [1.165, 1.54) is 11.3 Å². The molecule has 132 valence electrons. The predicted molar refractivity (Wildman–Crippen MR) is 100 cm³/mol. The van der Waals surface area contributed by atoms with Crippen molar-refractivity contribution in [3.05, 3.63) is 29.7 Å². The molecule has 3 heterocycles. The Morgan fingerprint density at radius 2 is 2.25 bits per heavy atom. The van der Waals surface area contributed by atoms with Crippen molar-refractivity contribution in [3.8, 4) is 10.7 Å². The number of hydrogen-bond donors (Lipinski definition) is 1. The van der Waals surface area contributed by atoms with Gasteiger partial charge < -0.3 is 10.2 Å². The molecule has 1 saturated heterocycles. The number of thiazole rings is 1. The molecule has 9 heteroatoms. The quantitative estimate of drug-likeness (QED) is 0.867. The van der Waals surface area contributed by atoms with E-state index >= 15 is 0 Å². The number of halogens is 2. The molecule has 0 spiro atoms. The average molecular weight is 390 g/mol. The van der Waals surface area contributed by atoms with Crippen LogP contribution in [0.25, 0.3) is 10.7 Å². The first-order valence-corrected chi connectivity index (χ1v) is 8.30. The molecule has 1 unspecified atom stereocenters. The minimum absolute atomic E-state index is 0. The van der Waals surface area contributed by atoms with Crippen LogP contribution in [-0.2, 0) is 11.2 Å². The van der Waals surface area contributed by atoms with E-state index in [4.69, 9.17) is 0 Å². The summed E-state index contributed by atoms with van der Waals surface area (Å²) < 4.78 is 0. The fraction of sp³-hybridized carbons (Fsp3) is 0.467. The van der Waals surface area contributed by atoms with Gasteiger partial charge in [-0.3, -0.25) is 14.8 Å². The van der Waals surface area contributed by atoms with E-state index in [0.29, 0.717) is 12.5 Å². The van der Waals surface area contributed by atoms with E-state index in [9.17, 15) is 4.79 Å². The molecule has 0 aromatic carbocycles. The van der Waals surface area contributed by atoms with Gasteiger partial charge in [-0.1, -0.05) is 0 Å². The summed E-state index contributed by atoms with van der Waals surface area (Å²) in [6, 6.07) is 0.406. The van der Waals surface area contributed by atoms with Gasteiger partial charge in [-0.2, -0.15) is 0 Å². The topological polar surface area (TPSA) is 71.0 Å². The Kier molecular flexibility index (Phi) is 8.55. The van der Waals surface area contributed by atoms with Crippen LogP contribution in [0.15, 0.2) is 24.0 Å². The standard InChI is InChI=1S/C15H19N5OS.2ClH/c1-16-11-3-2-6-20(9-11)14(21)7-12-10-22-15(19-12)13-8-17-4-5-18-13;;/h4-5,8,10-11,16H,2-3,6-7,9H2,1H3;2*1H. The molecule has 1 fully saturated rings. The molecule has 0 radical (unpaired) electrons. The lowest BCUT2D eigenvalue weighted by molar-refractivity contribution is -0.131. The number of rotatable bonds is 4. The fourth-order valence-electron chi connectivity index (χ4n) is 2.62. The fourth-order valence-corrected chi connectivity index (χ4v) is 3.40. The second-order valence-corrected chi connectivity index (χ2v) is 6.24. The summed E-state index contributed by atoms with van der Waals surface area (Å²) in [7, 11) is 1.95. The van der Waals surface area contributed by atoms with Crippen LogP contribution in [0, 0.1) is 0 Å². The van der Waals surface area contributed by atoms with Gasteiger partial charge in [-0.25, -0.2) is 4.98 Å². The van der Waals surface area contributed by atoms with Gasteiger partial charge >= 0.3 is 0 Å². The van der Waals surface area contributed by atoms with Gasteiger partial charge in [0.15, 0.2) is 0 Å². The normalized spacial score (nSPS) is 16.9. The zero-order chi connectivity index (χ0) is 15.4. The minimum atomic E-state index is 0. The highest BCUT2D eigenvalue weighted by Crippen LogP contribution is 2.21. The second kappa shape index (κ2) is 9.88. The van der Waals surface area contributed by atoms with Crippen molar-refractivity contribution in [2.75, 3.05) is 20.1 Å². The van der Waals surface area contributed by atoms with Crippen LogP contribution >= 0.6 is 36.2 Å². The number of aromatic nitrogens is 3. The van der Waals surface area contributed by atoms with E-state index in [1.807, 2.05) is 17.3 Å². The van der Waals surface area contributed by atoms with Crippen LogP contribution in [-0.4, -0.2) is 51.9 Å². The molecule has 0 saturated carbocycles. The third-order valence-corrected chi connectivity index (χ3v) is 4.76. The molecule has 0 aliphatic carbocycles. The summed E-state index contributed by atoms with van der Waals surface area (Å²) in [5, 5.41) is 6.00. The zero-order valence-corrected chi connectivity index (χ0v) is 15.8. The number of nitrogens with zero attached hydrogens (tertiary/aromatic N) is 4. The van der Waals surface area contributed by atoms with Crippen molar-refractivity contribution in [3.63, 3.8) is 0 Å². The van der Waals surface area contributed by atoms with E-state index in [0.717, 1.165) is 42.3 Å². The summed E-state index contributed by atoms with van der Waals surface area (Å²) in [5.41, 5.74) is 1.56. The number of likely N-dealkylation sites (N-methyl/N-ethyl adjacent to an activating group) is 1. The van der Waals surface area contributed by atoms with Gasteiger partial charge in [0.2, 0.25) is 5.91 Å². The van der Waals surface area contributed by atoms with Gasteiger partial charge in [0.25, 0.3) is 0 Å². The number of likely N-dealkylation sites (tertiary alicyclic amines) is 1. The third kappa shape index (κ3) is 5.11. The van der Waals surface area contributed by atoms with E-state index < -0.39 is 0 Å². The molecular weight excluding hydrogens is 369 g/mol. The smallest absolute Gasteiger partial charge is 0.228 e. The van der Waals surface area contributed by atoms with Crippen molar-refractivity contribution in [2.45, 2.75) is 25.3 Å². The Balaban J connectivity index is 0.00000144. The molecule has 0 bridgehead atoms. The van der Waals surface area contributed by atoms with Gasteiger partial charge in [0.1, 0.15) is 10.7 Å². The van der Waals surface area contributed by atoms with Crippen molar-refractivity contribution in [1.29, 1.82) is 0 Å². The number of amides is 1. The lowest BCUT2D eigenvalue weighted by Gasteiger charge is -2.32. The van der Waals surface area contributed by atoms with Gasteiger partial charge in [0, 0.05) is 36.9 Å². The SMILES string of the molecule is CNC1CCCN(C(=O)Cc2csc(-c3cnccn3)n2)C1.Cl.Cl. The van der Waals surface area contributed by atoms with E-state index in [-0.39, 0.29) is 30.7 Å².